The van der Waals surface area contributed by atoms with Gasteiger partial charge in [-0.05, 0) is 89.8 Å². The van der Waals surface area contributed by atoms with Crippen molar-refractivity contribution in [3.8, 4) is 11.5 Å². The summed E-state index contributed by atoms with van der Waals surface area (Å²) in [4.78, 5) is 163. The molecule has 0 radical (unpaired) electrons. The second kappa shape index (κ2) is 31.9. The molecule has 5 aromatic carbocycles. The fraction of sp³-hybridized carbons (Fsp3) is 0.379. The largest absolute Gasteiger partial charge is 0.524 e. The first kappa shape index (κ1) is 71.8. The number of phosphoric acid groups is 2. The summed E-state index contributed by atoms with van der Waals surface area (Å²) in [7, 11) is -10.1. The second-order valence-corrected chi connectivity index (χ2v) is 26.0. The Labute approximate surface area is 552 Å². The van der Waals surface area contributed by atoms with Crippen LogP contribution in [0.3, 0.4) is 0 Å². The summed E-state index contributed by atoms with van der Waals surface area (Å²) in [6.07, 6.45) is 11.4. The Bertz CT molecular complexity index is 3940. The van der Waals surface area contributed by atoms with E-state index in [0.717, 1.165) is 4.90 Å². The Kier molecular flexibility index (Phi) is 24.4. The maximum Gasteiger partial charge on any atom is 0.524 e. The minimum Gasteiger partial charge on any atom is -0.404 e. The van der Waals surface area contributed by atoms with E-state index >= 15 is 0 Å². The number of carbonyl (C=O) groups is 9. The number of imide groups is 1. The number of urea groups is 1. The molecule has 0 aromatic heterocycles. The highest BCUT2D eigenvalue weighted by Gasteiger charge is 2.50. The third-order valence-corrected chi connectivity index (χ3v) is 18.6. The standard InChI is InChI=1S/C64H69Cl2N7O17P2.C2H6/c65-35-42-37-72(49-33-51(89-91(83,84)85)44-12-4-6-14-46(44)60(42)49)58(79)21-18-39-17-19-40(20-22-59(80)73-38-43(36-66)61-47-15-7-5-13-45(47)52(34-50(61)73)90-92(86,87)88)48(31-39)70-55(76)25-29-68-62(81)41(11-9-28-69-63(67)82)32-54(75)64(26-10-27-64)53(74)16-3-1-2-8-30-71-56(77)23-24-57(71)78;1-2/h4-7,12-15,17-24,31,33-34,41-43H,1-3,8-11,16,25-30,32,35-38H2,(H,68,81)(H,70,76)(H3,67,69,82)(H2,83,84,85)(H2,86,87,88);1-2H3/b21-18+,22-20+;/t41-,42+,43+;/m0./s1. The fourth-order valence-electron chi connectivity index (χ4n) is 12.3. The van der Waals surface area contributed by atoms with E-state index in [1.54, 1.807) is 60.7 Å². The monoisotopic (exact) mass is 1370 g/mol. The Morgan fingerprint density at radius 3 is 1.71 bits per heavy atom. The first-order valence-electron chi connectivity index (χ1n) is 31.0. The number of ketones is 2. The van der Waals surface area contributed by atoms with Crippen molar-refractivity contribution >= 4 is 143 Å². The Hall–Kier alpha value is -8.05. The lowest BCUT2D eigenvalue weighted by Gasteiger charge is -2.39. The molecule has 0 unspecified atom stereocenters. The summed E-state index contributed by atoms with van der Waals surface area (Å²) in [5.74, 6) is -5.43. The van der Waals surface area contributed by atoms with Gasteiger partial charge in [0.1, 0.15) is 23.1 Å². The zero-order valence-electron chi connectivity index (χ0n) is 51.8. The van der Waals surface area contributed by atoms with E-state index in [2.05, 4.69) is 16.0 Å². The zero-order chi connectivity index (χ0) is 68.1. The molecule has 94 heavy (non-hydrogen) atoms. The van der Waals surface area contributed by atoms with Gasteiger partial charge in [-0.15, -0.1) is 23.2 Å². The van der Waals surface area contributed by atoms with Crippen LogP contribution in [-0.2, 0) is 47.5 Å². The summed E-state index contributed by atoms with van der Waals surface area (Å²) in [5, 5.41) is 10.0. The van der Waals surface area contributed by atoms with Crippen LogP contribution in [0.2, 0.25) is 0 Å². The van der Waals surface area contributed by atoms with Gasteiger partial charge in [0.25, 0.3) is 23.6 Å². The fourth-order valence-corrected chi connectivity index (χ4v) is 13.7. The molecule has 8 amide bonds. The Morgan fingerprint density at radius 1 is 0.670 bits per heavy atom. The average Bonchev–Trinajstić information content (AvgIpc) is 1.56. The maximum absolute atomic E-state index is 14.3. The number of rotatable bonds is 30. The van der Waals surface area contributed by atoms with E-state index in [-0.39, 0.29) is 123 Å². The van der Waals surface area contributed by atoms with Gasteiger partial charge in [-0.1, -0.05) is 93.8 Å². The molecular weight excluding hydrogens is 1300 g/mol. The molecule has 9 rings (SSSR count). The van der Waals surface area contributed by atoms with Gasteiger partial charge in [0.05, 0.1) is 16.8 Å². The Balaban J connectivity index is 0.00000561. The van der Waals surface area contributed by atoms with Crippen molar-refractivity contribution in [3.05, 3.63) is 125 Å². The topological polar surface area (TPSA) is 359 Å². The van der Waals surface area contributed by atoms with Gasteiger partial charge < -0.3 is 40.5 Å². The van der Waals surface area contributed by atoms with Gasteiger partial charge in [0.2, 0.25) is 11.8 Å². The van der Waals surface area contributed by atoms with E-state index in [1.807, 2.05) is 13.8 Å². The highest BCUT2D eigenvalue weighted by atomic mass is 35.5. The SMILES string of the molecule is CC.NC(=O)NCCC[C@@H](CC(=O)C1(C(=O)CCCCCCN2C(=O)C=CC2=O)CCC1)C(=O)NCCC(=O)Nc1cc(/C=C/C(=O)N2C[C@@H](CCl)c3c2cc(OP(=O)(O)O)c2ccccc32)ccc1/C=C/C(=O)N1C[C@@H](CCl)c2c1cc(OP(=O)(O)O)c1ccccc21. The number of alkyl halides is 2. The number of hydrogen-bond donors (Lipinski definition) is 8. The van der Waals surface area contributed by atoms with Crippen LogP contribution >= 0.6 is 38.8 Å². The van der Waals surface area contributed by atoms with Crippen molar-refractivity contribution in [2.75, 3.05) is 59.6 Å². The van der Waals surface area contributed by atoms with Crippen LogP contribution in [0.15, 0.2) is 103 Å². The number of amides is 8. The van der Waals surface area contributed by atoms with Gasteiger partial charge in [-0.25, -0.2) is 13.9 Å². The molecule has 5 aromatic rings. The molecule has 0 bridgehead atoms. The van der Waals surface area contributed by atoms with Gasteiger partial charge in [0, 0.05) is 134 Å². The minimum atomic E-state index is -5.06. The summed E-state index contributed by atoms with van der Waals surface area (Å²) in [6.45, 7) is 4.35. The van der Waals surface area contributed by atoms with E-state index in [4.69, 9.17) is 38.0 Å². The van der Waals surface area contributed by atoms with E-state index in [1.165, 1.54) is 64.5 Å². The third-order valence-electron chi connectivity index (χ3n) is 17.0. The normalized spacial score (nSPS) is 16.8. The molecule has 3 heterocycles. The van der Waals surface area contributed by atoms with Crippen molar-refractivity contribution in [3.63, 3.8) is 0 Å². The number of unbranched alkanes of at least 4 members (excludes halogenated alkanes) is 3. The van der Waals surface area contributed by atoms with Crippen LogP contribution in [0.1, 0.15) is 125 Å². The quantitative estimate of drug-likeness (QED) is 0.00529. The lowest BCUT2D eigenvalue weighted by atomic mass is 9.61. The van der Waals surface area contributed by atoms with E-state index in [0.29, 0.717) is 100 Å². The molecule has 1 fully saturated rings. The zero-order valence-corrected chi connectivity index (χ0v) is 55.1. The number of anilines is 3. The summed E-state index contributed by atoms with van der Waals surface area (Å²) in [5.41, 5.74) is 6.84. The molecule has 0 spiro atoms. The van der Waals surface area contributed by atoms with Crippen molar-refractivity contribution in [2.45, 2.75) is 103 Å². The number of benzene rings is 5. The number of primary amides is 1. The van der Waals surface area contributed by atoms with Crippen molar-refractivity contribution in [1.82, 2.24) is 15.5 Å². The van der Waals surface area contributed by atoms with Crippen LogP contribution < -0.4 is 40.5 Å². The first-order valence-corrected chi connectivity index (χ1v) is 35.1. The predicted molar refractivity (Wildman–Crippen MR) is 357 cm³/mol. The molecule has 500 valence electrons. The molecule has 3 aliphatic heterocycles. The number of carbonyl (C=O) groups excluding carboxylic acids is 9. The Morgan fingerprint density at radius 2 is 1.20 bits per heavy atom. The highest BCUT2D eigenvalue weighted by Crippen LogP contribution is 2.51. The van der Waals surface area contributed by atoms with Crippen LogP contribution in [0, 0.1) is 11.3 Å². The van der Waals surface area contributed by atoms with Crippen molar-refractivity contribution in [1.29, 1.82) is 0 Å². The number of nitrogens with two attached hydrogens (primary N) is 1. The average molecular weight is 1370 g/mol. The van der Waals surface area contributed by atoms with Gasteiger partial charge in [-0.3, -0.25) is 62.8 Å². The number of fused-ring (bicyclic) bond motifs is 6. The summed E-state index contributed by atoms with van der Waals surface area (Å²) < 4.78 is 34.4. The van der Waals surface area contributed by atoms with Crippen LogP contribution in [0.25, 0.3) is 33.7 Å². The summed E-state index contributed by atoms with van der Waals surface area (Å²) in [6, 6.07) is 20.3. The number of Topliss-reactive ketones (excluding diaryl/α,β-unsaturated/α-hetero) is 2. The lowest BCUT2D eigenvalue weighted by molar-refractivity contribution is -0.149. The first-order chi connectivity index (χ1) is 44.9. The number of nitrogens with zero attached hydrogens (tertiary/aromatic N) is 3. The van der Waals surface area contributed by atoms with Gasteiger partial charge in [0.15, 0.2) is 0 Å². The van der Waals surface area contributed by atoms with Gasteiger partial charge >= 0.3 is 21.7 Å². The predicted octanol–water partition coefficient (Wildman–Crippen LogP) is 9.81. The van der Waals surface area contributed by atoms with E-state index < -0.39 is 62.6 Å². The van der Waals surface area contributed by atoms with Gasteiger partial charge in [-0.2, -0.15) is 0 Å². The molecule has 1 aliphatic carbocycles. The number of hydrogen-bond acceptors (Lipinski definition) is 13. The lowest BCUT2D eigenvalue weighted by Crippen LogP contribution is -2.47. The number of phosphoric ester groups is 2. The number of halogens is 2. The van der Waals surface area contributed by atoms with Crippen molar-refractivity contribution in [2.24, 2.45) is 17.1 Å². The number of nitrogens with one attached hydrogen (secondary N) is 3. The molecule has 24 nitrogen and oxygen atoms in total. The highest BCUT2D eigenvalue weighted by molar-refractivity contribution is 7.47. The molecule has 0 saturated heterocycles. The van der Waals surface area contributed by atoms with Crippen LogP contribution in [-0.4, -0.2) is 122 Å². The smallest absolute Gasteiger partial charge is 0.404 e. The van der Waals surface area contributed by atoms with Crippen molar-refractivity contribution < 1.29 is 80.9 Å². The molecule has 9 N–H and O–H groups in total. The maximum atomic E-state index is 14.3. The van der Waals surface area contributed by atoms with E-state index in [9.17, 15) is 71.9 Å². The summed E-state index contributed by atoms with van der Waals surface area (Å²) >= 11 is 12.9. The second-order valence-electron chi connectivity index (χ2n) is 23.0. The minimum absolute atomic E-state index is 0.0885. The third kappa shape index (κ3) is 17.4. The molecule has 4 aliphatic rings. The molecule has 28 heteroatoms. The van der Waals surface area contributed by atoms with Crippen LogP contribution in [0.4, 0.5) is 21.9 Å². The molecule has 3 atom stereocenters. The molecular formula is C66H75Cl2N7O17P2. The van der Waals surface area contributed by atoms with Crippen LogP contribution in [0.5, 0.6) is 11.5 Å². The molecule has 1 saturated carbocycles.